The first-order valence-electron chi connectivity index (χ1n) is 13.2. The van der Waals surface area contributed by atoms with Crippen LogP contribution < -0.4 is 5.56 Å². The van der Waals surface area contributed by atoms with E-state index in [0.717, 1.165) is 35.6 Å². The summed E-state index contributed by atoms with van der Waals surface area (Å²) in [7, 11) is 0. The van der Waals surface area contributed by atoms with E-state index in [4.69, 9.17) is 4.74 Å². The van der Waals surface area contributed by atoms with Gasteiger partial charge in [-0.2, -0.15) is 10.2 Å². The first-order chi connectivity index (χ1) is 19.0. The normalized spacial score (nSPS) is 14.4. The van der Waals surface area contributed by atoms with Crippen molar-refractivity contribution in [2.75, 3.05) is 13.1 Å². The molecule has 2 aromatic carbocycles. The molecule has 8 nitrogen and oxygen atoms in total. The van der Waals surface area contributed by atoms with Crippen molar-refractivity contribution < 1.29 is 18.3 Å². The van der Waals surface area contributed by atoms with Crippen LogP contribution in [0.2, 0.25) is 0 Å². The number of rotatable bonds is 5. The molecule has 10 heteroatoms. The number of ether oxygens (including phenoxy) is 1. The lowest BCUT2D eigenvalue weighted by molar-refractivity contribution is 0.0185. The number of aromatic nitrogens is 4. The summed E-state index contributed by atoms with van der Waals surface area (Å²) in [5, 5.41) is 8.93. The van der Waals surface area contributed by atoms with E-state index < -0.39 is 17.2 Å². The van der Waals surface area contributed by atoms with Crippen LogP contribution in [0.3, 0.4) is 0 Å². The van der Waals surface area contributed by atoms with Gasteiger partial charge < -0.3 is 9.64 Å². The van der Waals surface area contributed by atoms with E-state index in [1.54, 1.807) is 4.90 Å². The molecule has 0 bridgehead atoms. The molecule has 40 heavy (non-hydrogen) atoms. The van der Waals surface area contributed by atoms with Crippen LogP contribution in [0.15, 0.2) is 71.8 Å². The van der Waals surface area contributed by atoms with E-state index in [0.29, 0.717) is 18.8 Å². The van der Waals surface area contributed by atoms with Gasteiger partial charge in [0.15, 0.2) is 0 Å². The number of amides is 1. The second-order valence-corrected chi connectivity index (χ2v) is 11.0. The maximum atomic E-state index is 13.7. The summed E-state index contributed by atoms with van der Waals surface area (Å²) in [6.45, 7) is 6.98. The highest BCUT2D eigenvalue weighted by molar-refractivity contribution is 5.68. The fraction of sp³-hybridized carbons (Fsp3) is 0.333. The lowest BCUT2D eigenvalue weighted by atomic mass is 10.0. The van der Waals surface area contributed by atoms with Crippen molar-refractivity contribution in [1.82, 2.24) is 24.5 Å². The fourth-order valence-electron chi connectivity index (χ4n) is 4.77. The Hall–Kier alpha value is -4.34. The van der Waals surface area contributed by atoms with Crippen LogP contribution in [0.4, 0.5) is 13.6 Å². The number of halogens is 2. The lowest BCUT2D eigenvalue weighted by Crippen LogP contribution is -2.42. The van der Waals surface area contributed by atoms with Gasteiger partial charge in [0.1, 0.15) is 17.2 Å². The van der Waals surface area contributed by atoms with E-state index >= 15 is 0 Å². The van der Waals surface area contributed by atoms with Crippen molar-refractivity contribution in [2.45, 2.75) is 51.8 Å². The van der Waals surface area contributed by atoms with Crippen LogP contribution in [0.1, 0.15) is 45.2 Å². The van der Waals surface area contributed by atoms with Gasteiger partial charge in [-0.15, -0.1) is 0 Å². The Bertz CT molecular complexity index is 1560. The highest BCUT2D eigenvalue weighted by Crippen LogP contribution is 2.27. The number of carbonyl (C=O) groups is 1. The standard InChI is InChI=1S/C30H31F2N5O3/c1-30(2,3)40-29(39)35-11-9-26(10-12-35)36-19-23(17-33-36)21-6-4-5-20(13-21)18-37-28(38)8-7-27(34-37)22-14-24(31)16-25(32)15-22/h4-8,13-17,19,26H,9-12,18H2,1-3H3. The number of piperidine rings is 1. The second-order valence-electron chi connectivity index (χ2n) is 11.0. The molecule has 3 heterocycles. The SMILES string of the molecule is CC(C)(C)OC(=O)N1CCC(n2cc(-c3cccc(Cn4nc(-c5cc(F)cc(F)c5)ccc4=O)c3)cn2)CC1. The molecule has 1 amide bonds. The van der Waals surface area contributed by atoms with Gasteiger partial charge in [-0.1, -0.05) is 18.2 Å². The number of hydrogen-bond acceptors (Lipinski definition) is 5. The number of nitrogens with zero attached hydrogens (tertiary/aromatic N) is 5. The predicted octanol–water partition coefficient (Wildman–Crippen LogP) is 5.67. The van der Waals surface area contributed by atoms with Crippen molar-refractivity contribution >= 4 is 6.09 Å². The first kappa shape index (κ1) is 27.2. The van der Waals surface area contributed by atoms with Crippen LogP contribution in [0.5, 0.6) is 0 Å². The van der Waals surface area contributed by atoms with Gasteiger partial charge in [-0.3, -0.25) is 9.48 Å². The number of carbonyl (C=O) groups excluding carboxylic acids is 1. The average Bonchev–Trinajstić information content (AvgIpc) is 3.39. The zero-order chi connectivity index (χ0) is 28.4. The summed E-state index contributed by atoms with van der Waals surface area (Å²) in [6.07, 6.45) is 5.08. The average molecular weight is 548 g/mol. The van der Waals surface area contributed by atoms with Gasteiger partial charge in [0.05, 0.1) is 24.5 Å². The highest BCUT2D eigenvalue weighted by atomic mass is 19.1. The Balaban J connectivity index is 1.28. The van der Waals surface area contributed by atoms with E-state index in [9.17, 15) is 18.4 Å². The Morgan fingerprint density at radius 2 is 1.70 bits per heavy atom. The van der Waals surface area contributed by atoms with Gasteiger partial charge in [-0.05, 0) is 69.0 Å². The van der Waals surface area contributed by atoms with Crippen molar-refractivity contribution in [3.63, 3.8) is 0 Å². The zero-order valence-corrected chi connectivity index (χ0v) is 22.7. The van der Waals surface area contributed by atoms with E-state index in [2.05, 4.69) is 10.2 Å². The van der Waals surface area contributed by atoms with Crippen molar-refractivity contribution in [1.29, 1.82) is 0 Å². The third kappa shape index (κ3) is 6.44. The van der Waals surface area contributed by atoms with Crippen LogP contribution in [0.25, 0.3) is 22.4 Å². The Morgan fingerprint density at radius 3 is 2.40 bits per heavy atom. The molecule has 0 N–H and O–H groups in total. The molecule has 5 rings (SSSR count). The van der Waals surface area contributed by atoms with Crippen LogP contribution in [0, 0.1) is 11.6 Å². The minimum Gasteiger partial charge on any atom is -0.444 e. The molecular formula is C30H31F2N5O3. The van der Waals surface area contributed by atoms with E-state index in [1.807, 2.05) is 62.1 Å². The van der Waals surface area contributed by atoms with Gasteiger partial charge in [0, 0.05) is 42.5 Å². The molecule has 0 radical (unpaired) electrons. The second kappa shape index (κ2) is 11.0. The topological polar surface area (TPSA) is 82.2 Å². The van der Waals surface area contributed by atoms with Gasteiger partial charge in [0.2, 0.25) is 0 Å². The largest absolute Gasteiger partial charge is 0.444 e. The van der Waals surface area contributed by atoms with Crippen LogP contribution >= 0.6 is 0 Å². The third-order valence-electron chi connectivity index (χ3n) is 6.71. The van der Waals surface area contributed by atoms with Crippen molar-refractivity contribution in [3.8, 4) is 22.4 Å². The minimum absolute atomic E-state index is 0.175. The molecule has 0 unspecified atom stereocenters. The first-order valence-corrected chi connectivity index (χ1v) is 13.2. The van der Waals surface area contributed by atoms with Crippen molar-refractivity contribution in [3.05, 3.63) is 94.5 Å². The Kier molecular flexibility index (Phi) is 7.51. The summed E-state index contributed by atoms with van der Waals surface area (Å²) < 4.78 is 36.1. The predicted molar refractivity (Wildman–Crippen MR) is 147 cm³/mol. The molecule has 1 aliphatic heterocycles. The molecule has 1 aliphatic rings. The molecule has 4 aromatic rings. The number of likely N-dealkylation sites (tertiary alicyclic amines) is 1. The van der Waals surface area contributed by atoms with Crippen molar-refractivity contribution in [2.24, 2.45) is 0 Å². The van der Waals surface area contributed by atoms with E-state index in [1.165, 1.54) is 28.9 Å². The van der Waals surface area contributed by atoms with Gasteiger partial charge >= 0.3 is 6.09 Å². The maximum Gasteiger partial charge on any atom is 0.410 e. The molecule has 1 saturated heterocycles. The summed E-state index contributed by atoms with van der Waals surface area (Å²) in [5.41, 5.74) is 2.42. The van der Waals surface area contributed by atoms with Gasteiger partial charge in [0.25, 0.3) is 5.56 Å². The highest BCUT2D eigenvalue weighted by Gasteiger charge is 2.28. The molecule has 0 saturated carbocycles. The van der Waals surface area contributed by atoms with Gasteiger partial charge in [-0.25, -0.2) is 18.3 Å². The zero-order valence-electron chi connectivity index (χ0n) is 22.7. The molecule has 1 fully saturated rings. The maximum absolute atomic E-state index is 13.7. The molecule has 0 atom stereocenters. The monoisotopic (exact) mass is 547 g/mol. The van der Waals surface area contributed by atoms with E-state index in [-0.39, 0.29) is 29.8 Å². The summed E-state index contributed by atoms with van der Waals surface area (Å²) >= 11 is 0. The molecule has 0 aliphatic carbocycles. The number of hydrogen-bond donors (Lipinski definition) is 0. The molecule has 2 aromatic heterocycles. The summed E-state index contributed by atoms with van der Waals surface area (Å²) in [5.74, 6) is -1.42. The van der Waals surface area contributed by atoms with Crippen LogP contribution in [-0.4, -0.2) is 49.2 Å². The third-order valence-corrected chi connectivity index (χ3v) is 6.71. The lowest BCUT2D eigenvalue weighted by Gasteiger charge is -2.33. The molecule has 208 valence electrons. The summed E-state index contributed by atoms with van der Waals surface area (Å²) in [6, 6.07) is 13.9. The quantitative estimate of drug-likeness (QED) is 0.322. The fourth-order valence-corrected chi connectivity index (χ4v) is 4.77. The van der Waals surface area contributed by atoms with Crippen LogP contribution in [-0.2, 0) is 11.3 Å². The molecule has 0 spiro atoms. The Morgan fingerprint density at radius 1 is 0.975 bits per heavy atom. The molecular weight excluding hydrogens is 516 g/mol. The minimum atomic E-state index is -0.712. The number of benzene rings is 2. The smallest absolute Gasteiger partial charge is 0.410 e. The Labute approximate surface area is 230 Å². The summed E-state index contributed by atoms with van der Waals surface area (Å²) in [4.78, 5) is 26.6.